The molecule has 0 N–H and O–H groups in total. The Labute approximate surface area is 142 Å². The van der Waals surface area contributed by atoms with Crippen molar-refractivity contribution in [2.75, 3.05) is 0 Å². The van der Waals surface area contributed by atoms with Crippen molar-refractivity contribution in [3.05, 3.63) is 46.1 Å². The van der Waals surface area contributed by atoms with Gasteiger partial charge in [-0.2, -0.15) is 0 Å². The van der Waals surface area contributed by atoms with Gasteiger partial charge in [0.25, 0.3) is 0 Å². The van der Waals surface area contributed by atoms with Crippen LogP contribution in [-0.2, 0) is 16.1 Å². The van der Waals surface area contributed by atoms with E-state index in [9.17, 15) is 9.59 Å². The van der Waals surface area contributed by atoms with E-state index in [0.717, 1.165) is 25.1 Å². The maximum Gasteiger partial charge on any atom is 0.315 e. The Balaban J connectivity index is 1.91. The maximum atomic E-state index is 12.6. The van der Waals surface area contributed by atoms with E-state index in [0.29, 0.717) is 10.4 Å². The molecule has 1 atom stereocenters. The number of fused-ring (bicyclic) bond motifs is 1. The van der Waals surface area contributed by atoms with Gasteiger partial charge in [-0.05, 0) is 66.9 Å². The first-order valence-corrected chi connectivity index (χ1v) is 8.46. The quantitative estimate of drug-likeness (QED) is 0.596. The minimum absolute atomic E-state index is 0.144. The molecule has 23 heavy (non-hydrogen) atoms. The topological polar surface area (TPSA) is 61.4 Å². The lowest BCUT2D eigenvalue weighted by Crippen LogP contribution is -2.27. The first-order valence-electron chi connectivity index (χ1n) is 7.67. The molecule has 0 radical (unpaired) electrons. The standard InChI is InChI=1S/C17H18BrNO4/c1-10(2)22-17(21)11-4-3-9-19-12(11)5-6-13(19)16(20)14-7-8-15(18)23-14/h5-8,10-11H,3-4,9H2,1-2H3. The molecular formula is C17H18BrNO4. The zero-order chi connectivity index (χ0) is 16.6. The number of rotatable bonds is 4. The van der Waals surface area contributed by atoms with E-state index in [4.69, 9.17) is 9.15 Å². The first kappa shape index (κ1) is 16.1. The normalized spacial score (nSPS) is 17.1. The molecule has 2 aromatic rings. The van der Waals surface area contributed by atoms with Crippen LogP contribution in [0.3, 0.4) is 0 Å². The summed E-state index contributed by atoms with van der Waals surface area (Å²) in [6.45, 7) is 4.39. The molecule has 3 rings (SSSR count). The summed E-state index contributed by atoms with van der Waals surface area (Å²) in [6, 6.07) is 6.93. The molecule has 0 saturated carbocycles. The van der Waals surface area contributed by atoms with Crippen molar-refractivity contribution >= 4 is 27.7 Å². The van der Waals surface area contributed by atoms with Gasteiger partial charge in [0.15, 0.2) is 10.4 Å². The molecule has 2 aromatic heterocycles. The van der Waals surface area contributed by atoms with Gasteiger partial charge in [0.05, 0.1) is 17.7 Å². The molecule has 5 nitrogen and oxygen atoms in total. The Hall–Kier alpha value is -1.82. The number of furan rings is 1. The van der Waals surface area contributed by atoms with Crippen molar-refractivity contribution in [1.29, 1.82) is 0 Å². The van der Waals surface area contributed by atoms with Gasteiger partial charge in [-0.3, -0.25) is 9.59 Å². The summed E-state index contributed by atoms with van der Waals surface area (Å²) < 4.78 is 13.1. The fraction of sp³-hybridized carbons (Fsp3) is 0.412. The SMILES string of the molecule is CC(C)OC(=O)C1CCCn2c(C(=O)c3ccc(Br)o3)ccc21. The first-order chi connectivity index (χ1) is 11.0. The highest BCUT2D eigenvalue weighted by molar-refractivity contribution is 9.10. The second-order valence-electron chi connectivity index (χ2n) is 5.91. The molecule has 0 bridgehead atoms. The van der Waals surface area contributed by atoms with Gasteiger partial charge in [0.1, 0.15) is 0 Å². The van der Waals surface area contributed by atoms with E-state index in [1.807, 2.05) is 24.5 Å². The molecule has 3 heterocycles. The number of carbonyl (C=O) groups is 2. The van der Waals surface area contributed by atoms with Gasteiger partial charge < -0.3 is 13.7 Å². The van der Waals surface area contributed by atoms with Gasteiger partial charge >= 0.3 is 5.97 Å². The molecule has 1 unspecified atom stereocenters. The fourth-order valence-corrected chi connectivity index (χ4v) is 3.26. The number of carbonyl (C=O) groups excluding carboxylic acids is 2. The second kappa shape index (κ2) is 6.35. The number of ether oxygens (including phenoxy) is 1. The van der Waals surface area contributed by atoms with Crippen LogP contribution in [0, 0.1) is 0 Å². The summed E-state index contributed by atoms with van der Waals surface area (Å²) in [5, 5.41) is 0. The predicted octanol–water partition coefficient (Wildman–Crippen LogP) is 3.90. The lowest BCUT2D eigenvalue weighted by atomic mass is 9.96. The Morgan fingerprint density at radius 3 is 2.74 bits per heavy atom. The van der Waals surface area contributed by atoms with Crippen LogP contribution in [0.15, 0.2) is 33.4 Å². The van der Waals surface area contributed by atoms with Gasteiger partial charge in [-0.25, -0.2) is 0 Å². The maximum absolute atomic E-state index is 12.6. The third-order valence-electron chi connectivity index (χ3n) is 3.91. The smallest absolute Gasteiger partial charge is 0.315 e. The van der Waals surface area contributed by atoms with E-state index >= 15 is 0 Å². The van der Waals surface area contributed by atoms with Gasteiger partial charge in [-0.1, -0.05) is 0 Å². The molecule has 1 aliphatic heterocycles. The summed E-state index contributed by atoms with van der Waals surface area (Å²) in [4.78, 5) is 24.9. The Morgan fingerprint density at radius 2 is 2.09 bits per heavy atom. The Kier molecular flexibility index (Phi) is 4.43. The van der Waals surface area contributed by atoms with Gasteiger partial charge in [0, 0.05) is 12.2 Å². The van der Waals surface area contributed by atoms with Crippen molar-refractivity contribution in [1.82, 2.24) is 4.57 Å². The number of ketones is 1. The summed E-state index contributed by atoms with van der Waals surface area (Å²) in [6.07, 6.45) is 1.44. The zero-order valence-electron chi connectivity index (χ0n) is 13.0. The predicted molar refractivity (Wildman–Crippen MR) is 87.5 cm³/mol. The van der Waals surface area contributed by atoms with E-state index in [1.54, 1.807) is 18.2 Å². The highest BCUT2D eigenvalue weighted by Gasteiger charge is 2.31. The third-order valence-corrected chi connectivity index (χ3v) is 4.34. The van der Waals surface area contributed by atoms with Crippen LogP contribution in [0.5, 0.6) is 0 Å². The van der Waals surface area contributed by atoms with Crippen molar-refractivity contribution in [2.45, 2.75) is 45.3 Å². The molecule has 0 saturated heterocycles. The molecule has 0 aromatic carbocycles. The lowest BCUT2D eigenvalue weighted by molar-refractivity contribution is -0.149. The number of esters is 1. The summed E-state index contributed by atoms with van der Waals surface area (Å²) in [5.41, 5.74) is 1.39. The van der Waals surface area contributed by atoms with Crippen LogP contribution in [0.25, 0.3) is 0 Å². The molecular weight excluding hydrogens is 362 g/mol. The highest BCUT2D eigenvalue weighted by Crippen LogP contribution is 2.32. The Morgan fingerprint density at radius 1 is 1.30 bits per heavy atom. The number of halogens is 1. The summed E-state index contributed by atoms with van der Waals surface area (Å²) in [5.74, 6) is -0.431. The number of nitrogens with zero attached hydrogens (tertiary/aromatic N) is 1. The van der Waals surface area contributed by atoms with Crippen LogP contribution < -0.4 is 0 Å². The average molecular weight is 380 g/mol. The minimum Gasteiger partial charge on any atom is -0.462 e. The molecule has 0 aliphatic carbocycles. The average Bonchev–Trinajstić information content (AvgIpc) is 3.11. The van der Waals surface area contributed by atoms with E-state index in [1.165, 1.54) is 0 Å². The fourth-order valence-electron chi connectivity index (χ4n) is 2.95. The Bertz CT molecular complexity index is 744. The lowest BCUT2D eigenvalue weighted by Gasteiger charge is -2.25. The van der Waals surface area contributed by atoms with Crippen molar-refractivity contribution < 1.29 is 18.7 Å². The van der Waals surface area contributed by atoms with Crippen LogP contribution >= 0.6 is 15.9 Å². The third kappa shape index (κ3) is 3.13. The van der Waals surface area contributed by atoms with Crippen LogP contribution in [0.1, 0.15) is 54.5 Å². The van der Waals surface area contributed by atoms with Crippen LogP contribution in [0.4, 0.5) is 0 Å². The van der Waals surface area contributed by atoms with Crippen molar-refractivity contribution in [2.24, 2.45) is 0 Å². The van der Waals surface area contributed by atoms with Gasteiger partial charge in [0.2, 0.25) is 5.78 Å². The molecule has 1 aliphatic rings. The van der Waals surface area contributed by atoms with Crippen LogP contribution in [-0.4, -0.2) is 22.4 Å². The molecule has 0 spiro atoms. The van der Waals surface area contributed by atoms with E-state index < -0.39 is 0 Å². The van der Waals surface area contributed by atoms with E-state index in [2.05, 4.69) is 15.9 Å². The molecule has 122 valence electrons. The molecule has 0 fully saturated rings. The van der Waals surface area contributed by atoms with Crippen molar-refractivity contribution in [3.8, 4) is 0 Å². The minimum atomic E-state index is -0.309. The zero-order valence-corrected chi connectivity index (χ0v) is 14.6. The summed E-state index contributed by atoms with van der Waals surface area (Å²) >= 11 is 3.20. The number of hydrogen-bond acceptors (Lipinski definition) is 4. The van der Waals surface area contributed by atoms with Crippen molar-refractivity contribution in [3.63, 3.8) is 0 Å². The number of hydrogen-bond donors (Lipinski definition) is 0. The monoisotopic (exact) mass is 379 g/mol. The highest BCUT2D eigenvalue weighted by atomic mass is 79.9. The second-order valence-corrected chi connectivity index (χ2v) is 6.69. The molecule has 6 heteroatoms. The van der Waals surface area contributed by atoms with Gasteiger partial charge in [-0.15, -0.1) is 0 Å². The largest absolute Gasteiger partial charge is 0.462 e. The van der Waals surface area contributed by atoms with Crippen LogP contribution in [0.2, 0.25) is 0 Å². The number of aromatic nitrogens is 1. The molecule has 0 amide bonds. The summed E-state index contributed by atoms with van der Waals surface area (Å²) in [7, 11) is 0. The van der Waals surface area contributed by atoms with E-state index in [-0.39, 0.29) is 29.5 Å².